The van der Waals surface area contributed by atoms with Gasteiger partial charge in [0.2, 0.25) is 10.0 Å². The average Bonchev–Trinajstić information content (AvgIpc) is 2.76. The minimum absolute atomic E-state index is 0.337. The van der Waals surface area contributed by atoms with Crippen molar-refractivity contribution in [2.45, 2.75) is 24.4 Å². The maximum atomic E-state index is 11.9. The Morgan fingerprint density at radius 2 is 2.12 bits per heavy atom. The summed E-state index contributed by atoms with van der Waals surface area (Å²) in [5.41, 5.74) is 2.24. The third-order valence-corrected chi connectivity index (χ3v) is 4.22. The van der Waals surface area contributed by atoms with Gasteiger partial charge in [0.25, 0.3) is 0 Å². The molecule has 0 atom stereocenters. The monoisotopic (exact) mass is 252 g/mol. The largest absolute Gasteiger partial charge is 0.309 e. The minimum Gasteiger partial charge on any atom is -0.309 e. The summed E-state index contributed by atoms with van der Waals surface area (Å²) in [5.74, 6) is 0. The molecule has 1 aliphatic rings. The molecular weight excluding hydrogens is 236 g/mol. The predicted molar refractivity (Wildman–Crippen MR) is 67.0 cm³/mol. The van der Waals surface area contributed by atoms with Crippen molar-refractivity contribution in [2.75, 3.05) is 6.54 Å². The molecule has 0 bridgehead atoms. The summed E-state index contributed by atoms with van der Waals surface area (Å²) in [7, 11) is -3.38. The van der Waals surface area contributed by atoms with Crippen LogP contribution in [0.15, 0.2) is 35.7 Å². The molecule has 2 N–H and O–H groups in total. The molecule has 5 heteroatoms. The molecule has 2 rings (SSSR count). The SMILES string of the molecule is C=CCCNS(=O)(=O)c1ccc2c(c1)CNC2. The fourth-order valence-corrected chi connectivity index (χ4v) is 2.91. The van der Waals surface area contributed by atoms with E-state index in [1.54, 1.807) is 18.2 Å². The number of benzene rings is 1. The first kappa shape index (κ1) is 12.3. The lowest BCUT2D eigenvalue weighted by Crippen LogP contribution is -2.24. The summed E-state index contributed by atoms with van der Waals surface area (Å²) in [5, 5.41) is 3.19. The van der Waals surface area contributed by atoms with Gasteiger partial charge in [0.05, 0.1) is 4.90 Å². The van der Waals surface area contributed by atoms with Crippen molar-refractivity contribution in [3.63, 3.8) is 0 Å². The van der Waals surface area contributed by atoms with Crippen molar-refractivity contribution in [3.8, 4) is 0 Å². The second kappa shape index (κ2) is 5.00. The molecule has 0 spiro atoms. The zero-order valence-corrected chi connectivity index (χ0v) is 10.4. The van der Waals surface area contributed by atoms with Crippen molar-refractivity contribution < 1.29 is 8.42 Å². The highest BCUT2D eigenvalue weighted by Gasteiger charge is 2.17. The Labute approximate surface area is 102 Å². The lowest BCUT2D eigenvalue weighted by atomic mass is 10.1. The average molecular weight is 252 g/mol. The minimum atomic E-state index is -3.38. The molecule has 0 aliphatic carbocycles. The smallest absolute Gasteiger partial charge is 0.240 e. The zero-order chi connectivity index (χ0) is 12.3. The van der Waals surface area contributed by atoms with E-state index in [2.05, 4.69) is 16.6 Å². The standard InChI is InChI=1S/C12H16N2O2S/c1-2-3-6-14-17(15,16)12-5-4-10-8-13-9-11(10)7-12/h2,4-5,7,13-14H,1,3,6,8-9H2. The van der Waals surface area contributed by atoms with Crippen molar-refractivity contribution >= 4 is 10.0 Å². The Morgan fingerprint density at radius 3 is 2.88 bits per heavy atom. The first-order chi connectivity index (χ1) is 8.13. The number of nitrogens with one attached hydrogen (secondary N) is 2. The molecule has 4 nitrogen and oxygen atoms in total. The third kappa shape index (κ3) is 2.74. The molecule has 0 fully saturated rings. The van der Waals surface area contributed by atoms with Gasteiger partial charge in [0.1, 0.15) is 0 Å². The number of hydrogen-bond acceptors (Lipinski definition) is 3. The second-order valence-corrected chi connectivity index (χ2v) is 5.78. The van der Waals surface area contributed by atoms with Crippen molar-refractivity contribution in [3.05, 3.63) is 42.0 Å². The van der Waals surface area contributed by atoms with Crippen LogP contribution in [0.5, 0.6) is 0 Å². The molecule has 1 heterocycles. The van der Waals surface area contributed by atoms with E-state index in [0.717, 1.165) is 18.7 Å². The second-order valence-electron chi connectivity index (χ2n) is 4.01. The summed E-state index contributed by atoms with van der Waals surface area (Å²) in [6, 6.07) is 5.27. The van der Waals surface area contributed by atoms with Crippen molar-refractivity contribution in [1.82, 2.24) is 10.0 Å². The van der Waals surface area contributed by atoms with E-state index < -0.39 is 10.0 Å². The van der Waals surface area contributed by atoms with E-state index in [0.29, 0.717) is 17.9 Å². The first-order valence-electron chi connectivity index (χ1n) is 5.56. The molecule has 0 aromatic heterocycles. The van der Waals surface area contributed by atoms with Crippen LogP contribution in [0.1, 0.15) is 17.5 Å². The van der Waals surface area contributed by atoms with Crippen LogP contribution in [0.3, 0.4) is 0 Å². The normalized spacial score (nSPS) is 14.6. The highest BCUT2D eigenvalue weighted by molar-refractivity contribution is 7.89. The maximum absolute atomic E-state index is 11.9. The van der Waals surface area contributed by atoms with Gasteiger partial charge in [-0.3, -0.25) is 0 Å². The zero-order valence-electron chi connectivity index (χ0n) is 9.57. The summed E-state index contributed by atoms with van der Waals surface area (Å²) < 4.78 is 26.4. The van der Waals surface area contributed by atoms with Crippen LogP contribution >= 0.6 is 0 Å². The van der Waals surface area contributed by atoms with Crippen molar-refractivity contribution in [1.29, 1.82) is 0 Å². The Kier molecular flexibility index (Phi) is 3.61. The van der Waals surface area contributed by atoms with Gasteiger partial charge in [0.15, 0.2) is 0 Å². The van der Waals surface area contributed by atoms with Gasteiger partial charge in [-0.25, -0.2) is 13.1 Å². The number of rotatable bonds is 5. The summed E-state index contributed by atoms with van der Waals surface area (Å²) in [6.07, 6.45) is 2.32. The quantitative estimate of drug-likeness (QED) is 0.610. The molecule has 1 aromatic carbocycles. The van der Waals surface area contributed by atoms with E-state index in [-0.39, 0.29) is 0 Å². The van der Waals surface area contributed by atoms with E-state index in [1.165, 1.54) is 5.56 Å². The van der Waals surface area contributed by atoms with Crippen LogP contribution in [-0.2, 0) is 23.1 Å². The Bertz CT molecular complexity index is 523. The molecule has 0 radical (unpaired) electrons. The molecule has 0 unspecified atom stereocenters. The van der Waals surface area contributed by atoms with Crippen LogP contribution in [0.25, 0.3) is 0 Å². The molecule has 0 saturated heterocycles. The number of fused-ring (bicyclic) bond motifs is 1. The van der Waals surface area contributed by atoms with Crippen LogP contribution in [-0.4, -0.2) is 15.0 Å². The maximum Gasteiger partial charge on any atom is 0.240 e. The topological polar surface area (TPSA) is 58.2 Å². The third-order valence-electron chi connectivity index (χ3n) is 2.76. The molecule has 1 aromatic rings. The van der Waals surface area contributed by atoms with Crippen molar-refractivity contribution in [2.24, 2.45) is 0 Å². The molecule has 17 heavy (non-hydrogen) atoms. The summed E-state index contributed by atoms with van der Waals surface area (Å²) in [6.45, 7) is 5.51. The Morgan fingerprint density at radius 1 is 1.35 bits per heavy atom. The highest BCUT2D eigenvalue weighted by Crippen LogP contribution is 2.19. The fourth-order valence-electron chi connectivity index (χ4n) is 1.82. The molecule has 1 aliphatic heterocycles. The highest BCUT2D eigenvalue weighted by atomic mass is 32.2. The van der Waals surface area contributed by atoms with Gasteiger partial charge in [-0.2, -0.15) is 0 Å². The van der Waals surface area contributed by atoms with Crippen LogP contribution in [0.4, 0.5) is 0 Å². The Balaban J connectivity index is 2.18. The summed E-state index contributed by atoms with van der Waals surface area (Å²) >= 11 is 0. The number of sulfonamides is 1. The van der Waals surface area contributed by atoms with E-state index >= 15 is 0 Å². The van der Waals surface area contributed by atoms with E-state index in [4.69, 9.17) is 0 Å². The van der Waals surface area contributed by atoms with Gasteiger partial charge in [0, 0.05) is 19.6 Å². The van der Waals surface area contributed by atoms with Gasteiger partial charge >= 0.3 is 0 Å². The van der Waals surface area contributed by atoms with Crippen LogP contribution in [0.2, 0.25) is 0 Å². The summed E-state index contributed by atoms with van der Waals surface area (Å²) in [4.78, 5) is 0.337. The molecule has 92 valence electrons. The van der Waals surface area contributed by atoms with Gasteiger partial charge in [-0.05, 0) is 29.7 Å². The lowest BCUT2D eigenvalue weighted by Gasteiger charge is -2.07. The molecule has 0 saturated carbocycles. The van der Waals surface area contributed by atoms with E-state index in [1.807, 2.05) is 6.07 Å². The number of hydrogen-bond donors (Lipinski definition) is 2. The first-order valence-corrected chi connectivity index (χ1v) is 7.05. The molecule has 0 amide bonds. The van der Waals surface area contributed by atoms with Crippen LogP contribution in [0, 0.1) is 0 Å². The molecular formula is C12H16N2O2S. The van der Waals surface area contributed by atoms with Gasteiger partial charge < -0.3 is 5.32 Å². The Hall–Kier alpha value is -1.17. The fraction of sp³-hybridized carbons (Fsp3) is 0.333. The van der Waals surface area contributed by atoms with Gasteiger partial charge in [-0.1, -0.05) is 12.1 Å². The predicted octanol–water partition coefficient (Wildman–Crippen LogP) is 1.14. The van der Waals surface area contributed by atoms with Crippen LogP contribution < -0.4 is 10.0 Å². The van der Waals surface area contributed by atoms with Gasteiger partial charge in [-0.15, -0.1) is 6.58 Å². The van der Waals surface area contributed by atoms with E-state index in [9.17, 15) is 8.42 Å². The lowest BCUT2D eigenvalue weighted by molar-refractivity contribution is 0.582.